The van der Waals surface area contributed by atoms with E-state index in [0.29, 0.717) is 52.2 Å². The second-order valence-corrected chi connectivity index (χ2v) is 9.25. The fraction of sp³-hybridized carbons (Fsp3) is 0.409. The highest BCUT2D eigenvalue weighted by Crippen LogP contribution is 2.48. The molecule has 31 heavy (non-hydrogen) atoms. The number of methoxy groups -OCH3 is 3. The molecular weight excluding hydrogens is 556 g/mol. The van der Waals surface area contributed by atoms with E-state index in [9.17, 15) is 9.90 Å². The molecule has 1 heterocycles. The monoisotopic (exact) mass is 579 g/mol. The topological polar surface area (TPSA) is 68.2 Å². The minimum Gasteiger partial charge on any atom is -0.493 e. The summed E-state index contributed by atoms with van der Waals surface area (Å²) < 4.78 is 15.9. The molecule has 0 aromatic heterocycles. The molecule has 0 aliphatic carbocycles. The summed E-state index contributed by atoms with van der Waals surface area (Å²) in [5, 5.41) is 10.7. The minimum absolute atomic E-state index is 0.00798. The van der Waals surface area contributed by atoms with Crippen molar-refractivity contribution in [3.05, 3.63) is 51.5 Å². The van der Waals surface area contributed by atoms with Crippen molar-refractivity contribution in [2.24, 2.45) is 0 Å². The lowest BCUT2D eigenvalue weighted by molar-refractivity contribution is 0.0768. The quantitative estimate of drug-likeness (QED) is 0.286. The van der Waals surface area contributed by atoms with Crippen molar-refractivity contribution in [2.45, 2.75) is 22.3 Å². The van der Waals surface area contributed by atoms with Gasteiger partial charge in [-0.05, 0) is 42.7 Å². The van der Waals surface area contributed by atoms with Crippen molar-refractivity contribution < 1.29 is 24.1 Å². The van der Waals surface area contributed by atoms with Gasteiger partial charge in [0, 0.05) is 24.1 Å². The Kier molecular flexibility index (Phi) is 7.83. The zero-order valence-corrected chi connectivity index (χ0v) is 21.1. The molecule has 2 unspecified atom stereocenters. The SMILES string of the molecule is COc1cc(C(=O)N2CCC(CCO)(c3ccc(Cl)c(Cl)c3)C2I)cc(OC)c1OC. The Labute approximate surface area is 205 Å². The van der Waals surface area contributed by atoms with Crippen molar-refractivity contribution in [1.82, 2.24) is 4.90 Å². The maximum atomic E-state index is 13.5. The van der Waals surface area contributed by atoms with Gasteiger partial charge in [-0.2, -0.15) is 0 Å². The van der Waals surface area contributed by atoms with E-state index >= 15 is 0 Å². The van der Waals surface area contributed by atoms with Crippen LogP contribution in [0.3, 0.4) is 0 Å². The fourth-order valence-electron chi connectivity index (χ4n) is 4.10. The lowest BCUT2D eigenvalue weighted by Crippen LogP contribution is -2.41. The van der Waals surface area contributed by atoms with Crippen LogP contribution >= 0.6 is 45.8 Å². The number of halogens is 3. The third-order valence-corrected chi connectivity index (χ3v) is 8.36. The predicted molar refractivity (Wildman–Crippen MR) is 129 cm³/mol. The number of aliphatic hydroxyl groups is 1. The average Bonchev–Trinajstić information content (AvgIpc) is 3.11. The third-order valence-electron chi connectivity index (χ3n) is 5.75. The van der Waals surface area contributed by atoms with Gasteiger partial charge in [-0.3, -0.25) is 4.79 Å². The van der Waals surface area contributed by atoms with E-state index in [-0.39, 0.29) is 16.6 Å². The summed E-state index contributed by atoms with van der Waals surface area (Å²) in [5.41, 5.74) is 0.945. The normalized spacial score (nSPS) is 20.6. The molecule has 1 fully saturated rings. The van der Waals surface area contributed by atoms with Crippen LogP contribution in [0.1, 0.15) is 28.8 Å². The van der Waals surface area contributed by atoms with E-state index in [1.807, 2.05) is 12.1 Å². The van der Waals surface area contributed by atoms with Crippen LogP contribution in [0.5, 0.6) is 17.2 Å². The molecule has 2 atom stereocenters. The molecule has 0 saturated carbocycles. The molecule has 168 valence electrons. The van der Waals surface area contributed by atoms with Gasteiger partial charge in [0.1, 0.15) is 0 Å². The summed E-state index contributed by atoms with van der Waals surface area (Å²) in [4.78, 5) is 15.3. The minimum atomic E-state index is -0.445. The highest BCUT2D eigenvalue weighted by molar-refractivity contribution is 14.1. The Morgan fingerprint density at radius 3 is 2.29 bits per heavy atom. The number of ether oxygens (including phenoxy) is 3. The van der Waals surface area contributed by atoms with Crippen LogP contribution in [0, 0.1) is 0 Å². The van der Waals surface area contributed by atoms with Crippen LogP contribution in [-0.4, -0.2) is 54.4 Å². The molecule has 3 rings (SSSR count). The summed E-state index contributed by atoms with van der Waals surface area (Å²) in [6.07, 6.45) is 1.19. The van der Waals surface area contributed by atoms with Crippen LogP contribution in [0.2, 0.25) is 10.0 Å². The largest absolute Gasteiger partial charge is 0.493 e. The van der Waals surface area contributed by atoms with Gasteiger partial charge in [0.2, 0.25) is 5.75 Å². The molecule has 6 nitrogen and oxygen atoms in total. The first-order chi connectivity index (χ1) is 14.8. The van der Waals surface area contributed by atoms with E-state index < -0.39 is 5.41 Å². The molecular formula is C22H24Cl2INO5. The van der Waals surface area contributed by atoms with Gasteiger partial charge in [0.05, 0.1) is 35.4 Å². The summed E-state index contributed by atoms with van der Waals surface area (Å²) >= 11 is 14.7. The highest BCUT2D eigenvalue weighted by Gasteiger charge is 2.49. The first kappa shape index (κ1) is 24.2. The number of rotatable bonds is 7. The molecule has 9 heteroatoms. The summed E-state index contributed by atoms with van der Waals surface area (Å²) in [5.74, 6) is 1.11. The molecule has 0 spiro atoms. The van der Waals surface area contributed by atoms with Crippen LogP contribution in [0.4, 0.5) is 0 Å². The van der Waals surface area contributed by atoms with Gasteiger partial charge >= 0.3 is 0 Å². The average molecular weight is 580 g/mol. The molecule has 2 aromatic rings. The molecule has 1 aliphatic heterocycles. The number of alkyl halides is 1. The van der Waals surface area contributed by atoms with E-state index in [4.69, 9.17) is 37.4 Å². The Hall–Kier alpha value is -1.42. The van der Waals surface area contributed by atoms with E-state index in [1.54, 1.807) is 23.1 Å². The zero-order chi connectivity index (χ0) is 22.8. The van der Waals surface area contributed by atoms with Gasteiger partial charge in [0.15, 0.2) is 11.5 Å². The number of nitrogens with zero attached hydrogens (tertiary/aromatic N) is 1. The van der Waals surface area contributed by atoms with Crippen molar-refractivity contribution in [3.63, 3.8) is 0 Å². The van der Waals surface area contributed by atoms with Gasteiger partial charge in [0.25, 0.3) is 5.91 Å². The number of likely N-dealkylation sites (tertiary alicyclic amines) is 1. The standard InChI is InChI=1S/C22H24Cl2INO5/c1-29-17-10-13(11-18(30-2)19(17)31-3)20(28)26-8-6-22(7-9-27,21(26)25)14-4-5-15(23)16(24)12-14/h4-5,10-12,21,27H,6-9H2,1-3H3. The molecule has 0 radical (unpaired) electrons. The second kappa shape index (κ2) is 10.0. The Balaban J connectivity index is 1.99. The second-order valence-electron chi connectivity index (χ2n) is 7.26. The number of carbonyl (C=O) groups is 1. The highest BCUT2D eigenvalue weighted by atomic mass is 127. The number of benzene rings is 2. The molecule has 1 saturated heterocycles. The van der Waals surface area contributed by atoms with Gasteiger partial charge in [-0.1, -0.05) is 51.9 Å². The molecule has 1 amide bonds. The van der Waals surface area contributed by atoms with E-state index in [2.05, 4.69) is 22.6 Å². The fourth-order valence-corrected chi connectivity index (χ4v) is 5.91. The van der Waals surface area contributed by atoms with Gasteiger partial charge in [-0.15, -0.1) is 0 Å². The maximum Gasteiger partial charge on any atom is 0.255 e. The zero-order valence-electron chi connectivity index (χ0n) is 17.5. The Morgan fingerprint density at radius 2 is 1.77 bits per heavy atom. The predicted octanol–water partition coefficient (Wildman–Crippen LogP) is 4.95. The first-order valence-electron chi connectivity index (χ1n) is 9.64. The van der Waals surface area contributed by atoms with Crippen molar-refractivity contribution >= 4 is 51.7 Å². The number of carbonyl (C=O) groups excluding carboxylic acids is 1. The van der Waals surface area contributed by atoms with Crippen molar-refractivity contribution in [1.29, 1.82) is 0 Å². The van der Waals surface area contributed by atoms with Crippen LogP contribution in [0.15, 0.2) is 30.3 Å². The Bertz CT molecular complexity index is 948. The van der Waals surface area contributed by atoms with Gasteiger partial charge in [-0.25, -0.2) is 0 Å². The molecule has 0 bridgehead atoms. The number of amides is 1. The summed E-state index contributed by atoms with van der Waals surface area (Å²) in [6, 6.07) is 8.81. The maximum absolute atomic E-state index is 13.5. The summed E-state index contributed by atoms with van der Waals surface area (Å²) in [6.45, 7) is 0.523. The van der Waals surface area contributed by atoms with Crippen molar-refractivity contribution in [3.8, 4) is 17.2 Å². The number of hydrogen-bond donors (Lipinski definition) is 1. The van der Waals surface area contributed by atoms with E-state index in [0.717, 1.165) is 5.56 Å². The number of aliphatic hydroxyl groups excluding tert-OH is 1. The van der Waals surface area contributed by atoms with Gasteiger partial charge < -0.3 is 24.2 Å². The smallest absolute Gasteiger partial charge is 0.255 e. The van der Waals surface area contributed by atoms with Crippen LogP contribution in [-0.2, 0) is 5.41 Å². The third kappa shape index (κ3) is 4.42. The molecule has 1 aliphatic rings. The molecule has 1 N–H and O–H groups in total. The van der Waals surface area contributed by atoms with Crippen molar-refractivity contribution in [2.75, 3.05) is 34.5 Å². The van der Waals surface area contributed by atoms with E-state index in [1.165, 1.54) is 21.3 Å². The number of hydrogen-bond acceptors (Lipinski definition) is 5. The lowest BCUT2D eigenvalue weighted by atomic mass is 9.77. The first-order valence-corrected chi connectivity index (χ1v) is 11.6. The van der Waals surface area contributed by atoms with Crippen LogP contribution < -0.4 is 14.2 Å². The Morgan fingerprint density at radius 1 is 1.13 bits per heavy atom. The molecule has 2 aromatic carbocycles. The van der Waals surface area contributed by atoms with Crippen LogP contribution in [0.25, 0.3) is 0 Å². The summed E-state index contributed by atoms with van der Waals surface area (Å²) in [7, 11) is 4.54. The lowest BCUT2D eigenvalue weighted by Gasteiger charge is -2.35.